The molecule has 2 aromatic carbocycles. The van der Waals surface area contributed by atoms with Gasteiger partial charge in [-0.2, -0.15) is 18.3 Å². The highest BCUT2D eigenvalue weighted by molar-refractivity contribution is 6.33. The molecule has 3 rings (SSSR count). The van der Waals surface area contributed by atoms with Gasteiger partial charge in [0.1, 0.15) is 5.15 Å². The summed E-state index contributed by atoms with van der Waals surface area (Å²) in [7, 11) is 3.35. The van der Waals surface area contributed by atoms with Gasteiger partial charge >= 0.3 is 6.18 Å². The maximum absolute atomic E-state index is 13.2. The zero-order valence-electron chi connectivity index (χ0n) is 17.5. The van der Waals surface area contributed by atoms with E-state index in [9.17, 15) is 18.0 Å². The Morgan fingerprint density at radius 2 is 1.77 bits per heavy atom. The molecule has 0 spiro atoms. The number of hydrogen-bond donors (Lipinski definition) is 1. The summed E-state index contributed by atoms with van der Waals surface area (Å²) in [5.74, 6) is -0.625. The van der Waals surface area contributed by atoms with Gasteiger partial charge in [0.05, 0.1) is 34.7 Å². The van der Waals surface area contributed by atoms with Crippen LogP contribution in [0.1, 0.15) is 32.7 Å². The summed E-state index contributed by atoms with van der Waals surface area (Å²) < 4.78 is 41.0. The first-order valence-corrected chi connectivity index (χ1v) is 9.83. The summed E-state index contributed by atoms with van der Waals surface area (Å²) >= 11 is 6.43. The summed E-state index contributed by atoms with van der Waals surface area (Å²) in [4.78, 5) is 14.6. The standard InChI is InChI=1S/C22H22ClF3N4O/c1-13-5-7-15(8-6-13)12-30-20(23)19(14(2)28-30)21(31)27-17-11-16(22(24,25)26)9-10-18(17)29(3)4/h5-11H,12H2,1-4H3,(H,27,31). The number of anilines is 2. The van der Waals surface area contributed by atoms with Crippen molar-refractivity contribution in [2.24, 2.45) is 0 Å². The van der Waals surface area contributed by atoms with E-state index in [1.807, 2.05) is 31.2 Å². The molecule has 0 saturated carbocycles. The van der Waals surface area contributed by atoms with Crippen LogP contribution in [0, 0.1) is 13.8 Å². The SMILES string of the molecule is Cc1ccc(Cn2nc(C)c(C(=O)Nc3cc(C(F)(F)F)ccc3N(C)C)c2Cl)cc1. The Hall–Kier alpha value is -3.00. The Kier molecular flexibility index (Phi) is 6.31. The number of aryl methyl sites for hydroxylation is 2. The minimum atomic E-state index is -4.53. The Balaban J connectivity index is 1.92. The molecule has 5 nitrogen and oxygen atoms in total. The van der Waals surface area contributed by atoms with Crippen LogP contribution in [0.2, 0.25) is 5.15 Å². The fourth-order valence-electron chi connectivity index (χ4n) is 3.17. The number of rotatable bonds is 5. The minimum Gasteiger partial charge on any atom is -0.376 e. The zero-order chi connectivity index (χ0) is 22.9. The zero-order valence-corrected chi connectivity index (χ0v) is 18.3. The lowest BCUT2D eigenvalue weighted by Crippen LogP contribution is -2.18. The molecule has 0 aliphatic carbocycles. The number of carbonyl (C=O) groups is 1. The summed E-state index contributed by atoms with van der Waals surface area (Å²) in [5.41, 5.74) is 2.18. The fourth-order valence-corrected chi connectivity index (χ4v) is 3.49. The highest BCUT2D eigenvalue weighted by atomic mass is 35.5. The quantitative estimate of drug-likeness (QED) is 0.555. The summed E-state index contributed by atoms with van der Waals surface area (Å²) in [6.45, 7) is 3.97. The van der Waals surface area contributed by atoms with E-state index < -0.39 is 17.6 Å². The van der Waals surface area contributed by atoms with Gasteiger partial charge < -0.3 is 10.2 Å². The minimum absolute atomic E-state index is 0.0339. The van der Waals surface area contributed by atoms with Crippen molar-refractivity contribution in [3.05, 3.63) is 75.6 Å². The monoisotopic (exact) mass is 450 g/mol. The largest absolute Gasteiger partial charge is 0.416 e. The van der Waals surface area contributed by atoms with Crippen LogP contribution < -0.4 is 10.2 Å². The second-order valence-electron chi connectivity index (χ2n) is 7.47. The number of halogens is 4. The number of nitrogens with zero attached hydrogens (tertiary/aromatic N) is 3. The van der Waals surface area contributed by atoms with Crippen molar-refractivity contribution in [3.8, 4) is 0 Å². The van der Waals surface area contributed by atoms with E-state index in [0.717, 1.165) is 23.3 Å². The molecular weight excluding hydrogens is 429 g/mol. The Morgan fingerprint density at radius 3 is 2.35 bits per heavy atom. The molecular formula is C22H22ClF3N4O. The van der Waals surface area contributed by atoms with E-state index in [2.05, 4.69) is 10.4 Å². The molecule has 1 aromatic heterocycles. The predicted molar refractivity (Wildman–Crippen MR) is 116 cm³/mol. The van der Waals surface area contributed by atoms with Gasteiger partial charge in [-0.15, -0.1) is 0 Å². The van der Waals surface area contributed by atoms with Crippen molar-refractivity contribution < 1.29 is 18.0 Å². The summed E-state index contributed by atoms with van der Waals surface area (Å²) in [5, 5.41) is 7.03. The Labute approximate surface area is 183 Å². The molecule has 0 bridgehead atoms. The van der Waals surface area contributed by atoms with Crippen molar-refractivity contribution >= 4 is 28.9 Å². The second-order valence-corrected chi connectivity index (χ2v) is 7.83. The molecule has 31 heavy (non-hydrogen) atoms. The van der Waals surface area contributed by atoms with Crippen LogP contribution in [-0.2, 0) is 12.7 Å². The van der Waals surface area contributed by atoms with Gasteiger partial charge in [-0.25, -0.2) is 4.68 Å². The van der Waals surface area contributed by atoms with E-state index in [1.165, 1.54) is 10.7 Å². The number of nitrogens with one attached hydrogen (secondary N) is 1. The lowest BCUT2D eigenvalue weighted by Gasteiger charge is -2.19. The van der Waals surface area contributed by atoms with Crippen LogP contribution in [0.5, 0.6) is 0 Å². The lowest BCUT2D eigenvalue weighted by atomic mass is 10.1. The van der Waals surface area contributed by atoms with Gasteiger partial charge in [-0.1, -0.05) is 41.4 Å². The molecule has 0 fully saturated rings. The predicted octanol–water partition coefficient (Wildman–Crippen LogP) is 5.54. The molecule has 0 aliphatic rings. The summed E-state index contributed by atoms with van der Waals surface area (Å²) in [6.07, 6.45) is -4.53. The number of carbonyl (C=O) groups excluding carboxylic acids is 1. The van der Waals surface area contributed by atoms with Crippen molar-refractivity contribution in [2.75, 3.05) is 24.3 Å². The molecule has 3 aromatic rings. The molecule has 1 heterocycles. The molecule has 9 heteroatoms. The van der Waals surface area contributed by atoms with Crippen LogP contribution in [-0.4, -0.2) is 29.8 Å². The number of hydrogen-bond acceptors (Lipinski definition) is 3. The van der Waals surface area contributed by atoms with Crippen LogP contribution in [0.15, 0.2) is 42.5 Å². The van der Waals surface area contributed by atoms with Gasteiger partial charge in [0, 0.05) is 14.1 Å². The van der Waals surface area contributed by atoms with Crippen molar-refractivity contribution in [1.82, 2.24) is 9.78 Å². The first-order chi connectivity index (χ1) is 14.5. The second kappa shape index (κ2) is 8.63. The molecule has 0 radical (unpaired) electrons. The highest BCUT2D eigenvalue weighted by Crippen LogP contribution is 2.35. The van der Waals surface area contributed by atoms with Crippen molar-refractivity contribution in [3.63, 3.8) is 0 Å². The molecule has 0 saturated heterocycles. The van der Waals surface area contributed by atoms with Crippen LogP contribution in [0.3, 0.4) is 0 Å². The van der Waals surface area contributed by atoms with Crippen LogP contribution >= 0.6 is 11.6 Å². The first kappa shape index (κ1) is 22.7. The average Bonchev–Trinajstić information content (AvgIpc) is 2.95. The highest BCUT2D eigenvalue weighted by Gasteiger charge is 2.31. The Bertz CT molecular complexity index is 1110. The third kappa shape index (κ3) is 5.02. The molecule has 1 N–H and O–H groups in total. The average molecular weight is 451 g/mol. The van der Waals surface area contributed by atoms with Crippen molar-refractivity contribution in [2.45, 2.75) is 26.6 Å². The van der Waals surface area contributed by atoms with E-state index in [4.69, 9.17) is 11.6 Å². The van der Waals surface area contributed by atoms with Crippen LogP contribution in [0.25, 0.3) is 0 Å². The smallest absolute Gasteiger partial charge is 0.376 e. The van der Waals surface area contributed by atoms with Gasteiger partial charge in [0.25, 0.3) is 5.91 Å². The fraction of sp³-hybridized carbons (Fsp3) is 0.273. The number of amides is 1. The molecule has 164 valence electrons. The van der Waals surface area contributed by atoms with Gasteiger partial charge in [-0.05, 0) is 37.6 Å². The molecule has 0 aliphatic heterocycles. The van der Waals surface area contributed by atoms with E-state index in [0.29, 0.717) is 17.9 Å². The third-order valence-corrected chi connectivity index (χ3v) is 5.18. The molecule has 1 amide bonds. The van der Waals surface area contributed by atoms with E-state index in [-0.39, 0.29) is 16.4 Å². The van der Waals surface area contributed by atoms with E-state index in [1.54, 1.807) is 25.9 Å². The molecule has 0 atom stereocenters. The van der Waals surface area contributed by atoms with Gasteiger partial charge in [0.15, 0.2) is 0 Å². The lowest BCUT2D eigenvalue weighted by molar-refractivity contribution is -0.137. The maximum Gasteiger partial charge on any atom is 0.416 e. The van der Waals surface area contributed by atoms with Gasteiger partial charge in [-0.3, -0.25) is 4.79 Å². The number of alkyl halides is 3. The van der Waals surface area contributed by atoms with Gasteiger partial charge in [0.2, 0.25) is 0 Å². The normalized spacial score (nSPS) is 11.5. The van der Waals surface area contributed by atoms with E-state index >= 15 is 0 Å². The Morgan fingerprint density at radius 1 is 1.13 bits per heavy atom. The summed E-state index contributed by atoms with van der Waals surface area (Å²) in [6, 6.07) is 11.0. The number of benzene rings is 2. The number of aromatic nitrogens is 2. The first-order valence-electron chi connectivity index (χ1n) is 9.45. The molecule has 0 unspecified atom stereocenters. The van der Waals surface area contributed by atoms with Crippen LogP contribution in [0.4, 0.5) is 24.5 Å². The third-order valence-electron chi connectivity index (χ3n) is 4.80. The van der Waals surface area contributed by atoms with Crippen molar-refractivity contribution in [1.29, 1.82) is 0 Å². The maximum atomic E-state index is 13.2. The topological polar surface area (TPSA) is 50.2 Å².